The zero-order valence-electron chi connectivity index (χ0n) is 10.4. The Morgan fingerprint density at radius 2 is 2.11 bits per heavy atom. The van der Waals surface area contributed by atoms with E-state index in [0.717, 1.165) is 6.26 Å². The van der Waals surface area contributed by atoms with Crippen molar-refractivity contribution >= 4 is 32.5 Å². The van der Waals surface area contributed by atoms with Gasteiger partial charge in [0, 0.05) is 22.9 Å². The van der Waals surface area contributed by atoms with E-state index in [4.69, 9.17) is 9.52 Å². The van der Waals surface area contributed by atoms with Gasteiger partial charge in [-0.1, -0.05) is 6.07 Å². The number of carbonyl (C=O) groups is 1. The molecular formula is C12H13NO5S. The molecule has 0 fully saturated rings. The molecule has 2 N–H and O–H groups in total. The van der Waals surface area contributed by atoms with Crippen LogP contribution in [-0.2, 0) is 9.84 Å². The van der Waals surface area contributed by atoms with Gasteiger partial charge in [-0.2, -0.15) is 0 Å². The number of furan rings is 1. The van der Waals surface area contributed by atoms with Gasteiger partial charge in [0.15, 0.2) is 9.84 Å². The highest BCUT2D eigenvalue weighted by atomic mass is 32.2. The van der Waals surface area contributed by atoms with Crippen LogP contribution in [0.25, 0.3) is 11.0 Å². The van der Waals surface area contributed by atoms with Crippen LogP contribution in [0.15, 0.2) is 22.6 Å². The maximum absolute atomic E-state index is 11.2. The molecule has 0 saturated carbocycles. The van der Waals surface area contributed by atoms with Crippen LogP contribution in [0.2, 0.25) is 0 Å². The number of nitrogens with one attached hydrogen (secondary N) is 1. The lowest BCUT2D eigenvalue weighted by Crippen LogP contribution is -2.12. The van der Waals surface area contributed by atoms with E-state index in [0.29, 0.717) is 22.2 Å². The fourth-order valence-electron chi connectivity index (χ4n) is 1.86. The molecule has 1 aromatic carbocycles. The number of aryl methyl sites for hydroxylation is 1. The number of anilines is 1. The molecule has 1 aromatic heterocycles. The first kappa shape index (κ1) is 13.4. The number of aromatic carboxylic acids is 1. The average Bonchev–Trinajstić information content (AvgIpc) is 2.64. The van der Waals surface area contributed by atoms with Crippen molar-refractivity contribution in [3.8, 4) is 0 Å². The summed E-state index contributed by atoms with van der Waals surface area (Å²) in [6.07, 6.45) is 1.12. The van der Waals surface area contributed by atoms with Crippen LogP contribution in [0, 0.1) is 6.92 Å². The molecule has 0 saturated heterocycles. The first-order chi connectivity index (χ1) is 8.79. The summed E-state index contributed by atoms with van der Waals surface area (Å²) in [4.78, 5) is 11.0. The minimum Gasteiger partial charge on any atom is -0.475 e. The molecule has 6 nitrogen and oxygen atoms in total. The minimum atomic E-state index is -3.17. The predicted octanol–water partition coefficient (Wildman–Crippen LogP) is 1.85. The number of fused-ring (bicyclic) bond motifs is 1. The zero-order chi connectivity index (χ0) is 14.2. The highest BCUT2D eigenvalue weighted by Gasteiger charge is 2.19. The van der Waals surface area contributed by atoms with Crippen molar-refractivity contribution in [3.05, 3.63) is 29.5 Å². The van der Waals surface area contributed by atoms with E-state index >= 15 is 0 Å². The Bertz CT molecular complexity index is 745. The molecule has 0 bridgehead atoms. The Labute approximate surface area is 109 Å². The molecule has 0 aliphatic rings. The van der Waals surface area contributed by atoms with Crippen LogP contribution < -0.4 is 5.32 Å². The second-order valence-corrected chi connectivity index (χ2v) is 6.43. The van der Waals surface area contributed by atoms with Gasteiger partial charge >= 0.3 is 5.97 Å². The Morgan fingerprint density at radius 3 is 2.68 bits per heavy atom. The highest BCUT2D eigenvalue weighted by molar-refractivity contribution is 7.90. The van der Waals surface area contributed by atoms with Crippen molar-refractivity contribution < 1.29 is 22.7 Å². The monoisotopic (exact) mass is 283 g/mol. The summed E-state index contributed by atoms with van der Waals surface area (Å²) < 4.78 is 27.6. The zero-order valence-corrected chi connectivity index (χ0v) is 11.2. The Morgan fingerprint density at radius 1 is 1.42 bits per heavy atom. The molecule has 102 valence electrons. The molecular weight excluding hydrogens is 270 g/mol. The van der Waals surface area contributed by atoms with Crippen LogP contribution in [0.5, 0.6) is 0 Å². The normalized spacial score (nSPS) is 11.7. The first-order valence-electron chi connectivity index (χ1n) is 5.46. The summed E-state index contributed by atoms with van der Waals surface area (Å²) in [6.45, 7) is 1.63. The van der Waals surface area contributed by atoms with E-state index in [-0.39, 0.29) is 11.6 Å². The fourth-order valence-corrected chi connectivity index (χ4v) is 2.28. The molecule has 0 aliphatic carbocycles. The molecule has 2 aromatic rings. The van der Waals surface area contributed by atoms with Crippen LogP contribution >= 0.6 is 0 Å². The second kappa shape index (κ2) is 4.58. The standard InChI is InChI=1S/C12H13NO5S/c1-7-10-8(13-6-19(2,16)17)4-3-5-9(10)18-11(7)12(14)15/h3-5,13H,6H2,1-2H3,(H,14,15). The highest BCUT2D eigenvalue weighted by Crippen LogP contribution is 2.31. The van der Waals surface area contributed by atoms with Crippen LogP contribution in [0.4, 0.5) is 5.69 Å². The summed E-state index contributed by atoms with van der Waals surface area (Å²) in [7, 11) is -3.17. The quantitative estimate of drug-likeness (QED) is 0.889. The third-order valence-corrected chi connectivity index (χ3v) is 3.34. The van der Waals surface area contributed by atoms with Crippen molar-refractivity contribution in [2.24, 2.45) is 0 Å². The Hall–Kier alpha value is -2.02. The van der Waals surface area contributed by atoms with Gasteiger partial charge in [0.1, 0.15) is 11.5 Å². The van der Waals surface area contributed by atoms with E-state index in [2.05, 4.69) is 5.32 Å². The lowest BCUT2D eigenvalue weighted by Gasteiger charge is -2.06. The van der Waals surface area contributed by atoms with Gasteiger partial charge < -0.3 is 14.8 Å². The van der Waals surface area contributed by atoms with E-state index in [1.54, 1.807) is 25.1 Å². The third-order valence-electron chi connectivity index (χ3n) is 2.67. The number of sulfone groups is 1. The van der Waals surface area contributed by atoms with Crippen LogP contribution in [0.3, 0.4) is 0 Å². The summed E-state index contributed by atoms with van der Waals surface area (Å²) in [5.74, 6) is -1.51. The average molecular weight is 283 g/mol. The number of benzene rings is 1. The summed E-state index contributed by atoms with van der Waals surface area (Å²) in [5.41, 5.74) is 1.42. The van der Waals surface area contributed by atoms with Gasteiger partial charge in [-0.05, 0) is 19.1 Å². The van der Waals surface area contributed by atoms with Crippen molar-refractivity contribution in [1.82, 2.24) is 0 Å². The van der Waals surface area contributed by atoms with E-state index in [1.165, 1.54) is 0 Å². The van der Waals surface area contributed by atoms with E-state index in [1.807, 2.05) is 0 Å². The van der Waals surface area contributed by atoms with Crippen molar-refractivity contribution in [3.63, 3.8) is 0 Å². The molecule has 7 heteroatoms. The first-order valence-corrected chi connectivity index (χ1v) is 7.52. The molecule has 0 unspecified atom stereocenters. The van der Waals surface area contributed by atoms with Gasteiger partial charge in [0.25, 0.3) is 0 Å². The van der Waals surface area contributed by atoms with Crippen molar-refractivity contribution in [2.75, 3.05) is 17.4 Å². The van der Waals surface area contributed by atoms with Crippen molar-refractivity contribution in [1.29, 1.82) is 0 Å². The second-order valence-electron chi connectivity index (χ2n) is 4.29. The molecule has 0 atom stereocenters. The van der Waals surface area contributed by atoms with Crippen molar-refractivity contribution in [2.45, 2.75) is 6.92 Å². The summed E-state index contributed by atoms with van der Waals surface area (Å²) >= 11 is 0. The Kier molecular flexibility index (Phi) is 3.23. The van der Waals surface area contributed by atoms with Crippen LogP contribution in [0.1, 0.15) is 16.1 Å². The SMILES string of the molecule is Cc1c(C(=O)O)oc2cccc(NCS(C)(=O)=O)c12. The fraction of sp³-hybridized carbons (Fsp3) is 0.250. The maximum atomic E-state index is 11.2. The maximum Gasteiger partial charge on any atom is 0.372 e. The molecule has 0 aliphatic heterocycles. The molecule has 0 radical (unpaired) electrons. The summed E-state index contributed by atoms with van der Waals surface area (Å²) in [5, 5.41) is 12.4. The lowest BCUT2D eigenvalue weighted by atomic mass is 10.1. The molecule has 1 heterocycles. The predicted molar refractivity (Wildman–Crippen MR) is 71.2 cm³/mol. The number of hydrogen-bond donors (Lipinski definition) is 2. The van der Waals surface area contributed by atoms with Gasteiger partial charge in [0.2, 0.25) is 5.76 Å². The lowest BCUT2D eigenvalue weighted by molar-refractivity contribution is 0.0664. The van der Waals surface area contributed by atoms with Gasteiger partial charge in [-0.15, -0.1) is 0 Å². The van der Waals surface area contributed by atoms with Gasteiger partial charge in [-0.25, -0.2) is 13.2 Å². The summed E-state index contributed by atoms with van der Waals surface area (Å²) in [6, 6.07) is 4.99. The Balaban J connectivity index is 2.53. The number of carboxylic acids is 1. The van der Waals surface area contributed by atoms with Gasteiger partial charge in [0.05, 0.1) is 0 Å². The number of rotatable bonds is 4. The third kappa shape index (κ3) is 2.70. The largest absolute Gasteiger partial charge is 0.475 e. The minimum absolute atomic E-state index is 0.136. The molecule has 0 spiro atoms. The molecule has 0 amide bonds. The number of hydrogen-bond acceptors (Lipinski definition) is 5. The topological polar surface area (TPSA) is 96.6 Å². The number of carboxylic acid groups (broad SMARTS) is 1. The van der Waals surface area contributed by atoms with E-state index in [9.17, 15) is 13.2 Å². The van der Waals surface area contributed by atoms with E-state index < -0.39 is 15.8 Å². The molecule has 19 heavy (non-hydrogen) atoms. The van der Waals surface area contributed by atoms with Gasteiger partial charge in [-0.3, -0.25) is 0 Å². The van der Waals surface area contributed by atoms with Crippen LogP contribution in [-0.4, -0.2) is 31.6 Å². The smallest absolute Gasteiger partial charge is 0.372 e. The molecule has 2 rings (SSSR count).